The third-order valence-electron chi connectivity index (χ3n) is 5.06. The van der Waals surface area contributed by atoms with E-state index in [1.807, 2.05) is 0 Å². The lowest BCUT2D eigenvalue weighted by Gasteiger charge is -2.44. The van der Waals surface area contributed by atoms with Crippen LogP contribution in [0.1, 0.15) is 39.2 Å². The van der Waals surface area contributed by atoms with Gasteiger partial charge in [-0.3, -0.25) is 0 Å². The normalized spacial score (nSPS) is 29.5. The Hall–Kier alpha value is -1.02. The first-order valence-corrected chi connectivity index (χ1v) is 7.32. The SMILES string of the molecule is Cc1ccccc1N(C)C1(CN)CC(C)(C)CC1C. The molecule has 2 nitrogen and oxygen atoms in total. The Morgan fingerprint density at radius 3 is 2.42 bits per heavy atom. The number of rotatable bonds is 3. The van der Waals surface area contributed by atoms with Crippen molar-refractivity contribution in [2.75, 3.05) is 18.5 Å². The van der Waals surface area contributed by atoms with E-state index in [4.69, 9.17) is 5.73 Å². The highest BCUT2D eigenvalue weighted by Gasteiger charge is 2.50. The molecule has 0 amide bonds. The van der Waals surface area contributed by atoms with Gasteiger partial charge >= 0.3 is 0 Å². The standard InChI is InChI=1S/C17H28N2/c1-13-8-6-7-9-15(13)19(5)17(12-18)11-16(3,4)10-14(17)2/h6-9,14H,10-12,18H2,1-5H3. The van der Waals surface area contributed by atoms with Crippen molar-refractivity contribution in [3.8, 4) is 0 Å². The molecule has 2 atom stereocenters. The first kappa shape index (κ1) is 14.4. The highest BCUT2D eigenvalue weighted by molar-refractivity contribution is 5.55. The van der Waals surface area contributed by atoms with Gasteiger partial charge in [-0.1, -0.05) is 39.0 Å². The molecule has 1 aliphatic carbocycles. The van der Waals surface area contributed by atoms with Crippen LogP contribution in [0, 0.1) is 18.3 Å². The van der Waals surface area contributed by atoms with E-state index in [0.717, 1.165) is 6.54 Å². The van der Waals surface area contributed by atoms with E-state index < -0.39 is 0 Å². The topological polar surface area (TPSA) is 29.3 Å². The summed E-state index contributed by atoms with van der Waals surface area (Å²) < 4.78 is 0. The Kier molecular flexibility index (Phi) is 3.65. The van der Waals surface area contributed by atoms with E-state index in [-0.39, 0.29) is 5.54 Å². The van der Waals surface area contributed by atoms with Crippen molar-refractivity contribution < 1.29 is 0 Å². The van der Waals surface area contributed by atoms with Gasteiger partial charge in [0.05, 0.1) is 5.54 Å². The van der Waals surface area contributed by atoms with Crippen LogP contribution >= 0.6 is 0 Å². The molecule has 0 aromatic heterocycles. The molecule has 106 valence electrons. The zero-order chi connectivity index (χ0) is 14.3. The van der Waals surface area contributed by atoms with E-state index in [1.54, 1.807) is 0 Å². The van der Waals surface area contributed by atoms with Crippen LogP contribution in [-0.2, 0) is 0 Å². The van der Waals surface area contributed by atoms with E-state index in [9.17, 15) is 0 Å². The summed E-state index contributed by atoms with van der Waals surface area (Å²) in [6.45, 7) is 10.00. The van der Waals surface area contributed by atoms with Gasteiger partial charge in [0, 0.05) is 19.3 Å². The van der Waals surface area contributed by atoms with Crippen LogP contribution in [0.15, 0.2) is 24.3 Å². The number of benzene rings is 1. The van der Waals surface area contributed by atoms with Crippen molar-refractivity contribution in [3.63, 3.8) is 0 Å². The summed E-state index contributed by atoms with van der Waals surface area (Å²) >= 11 is 0. The second-order valence-electron chi connectivity index (χ2n) is 7.10. The van der Waals surface area contributed by atoms with Crippen LogP contribution in [0.25, 0.3) is 0 Å². The maximum Gasteiger partial charge on any atom is 0.0551 e. The molecule has 1 saturated carbocycles. The minimum Gasteiger partial charge on any atom is -0.367 e. The van der Waals surface area contributed by atoms with Crippen molar-refractivity contribution in [1.82, 2.24) is 0 Å². The van der Waals surface area contributed by atoms with Crippen LogP contribution in [0.5, 0.6) is 0 Å². The molecule has 0 heterocycles. The highest BCUT2D eigenvalue weighted by atomic mass is 15.2. The second-order valence-corrected chi connectivity index (χ2v) is 7.10. The molecule has 1 fully saturated rings. The fourth-order valence-electron chi connectivity index (χ4n) is 4.13. The van der Waals surface area contributed by atoms with Crippen molar-refractivity contribution in [3.05, 3.63) is 29.8 Å². The smallest absolute Gasteiger partial charge is 0.0551 e. The summed E-state index contributed by atoms with van der Waals surface area (Å²) in [6, 6.07) is 8.61. The molecule has 19 heavy (non-hydrogen) atoms. The maximum atomic E-state index is 6.23. The molecular formula is C17H28N2. The van der Waals surface area contributed by atoms with Crippen molar-refractivity contribution in [2.45, 2.75) is 46.1 Å². The zero-order valence-electron chi connectivity index (χ0n) is 13.0. The Labute approximate surface area is 118 Å². The van der Waals surface area contributed by atoms with E-state index >= 15 is 0 Å². The molecule has 2 N–H and O–H groups in total. The third kappa shape index (κ3) is 2.38. The third-order valence-corrected chi connectivity index (χ3v) is 5.06. The molecular weight excluding hydrogens is 232 g/mol. The van der Waals surface area contributed by atoms with Crippen LogP contribution in [0.4, 0.5) is 5.69 Å². The first-order chi connectivity index (χ1) is 8.82. The summed E-state index contributed by atoms with van der Waals surface area (Å²) in [5.41, 5.74) is 9.35. The Morgan fingerprint density at radius 1 is 1.32 bits per heavy atom. The van der Waals surface area contributed by atoms with Gasteiger partial charge in [-0.05, 0) is 42.7 Å². The summed E-state index contributed by atoms with van der Waals surface area (Å²) in [6.07, 6.45) is 2.42. The average Bonchev–Trinajstić information content (AvgIpc) is 2.59. The lowest BCUT2D eigenvalue weighted by atomic mass is 9.84. The minimum atomic E-state index is 0.0929. The van der Waals surface area contributed by atoms with Gasteiger partial charge in [0.1, 0.15) is 0 Å². The van der Waals surface area contributed by atoms with Gasteiger partial charge in [0.15, 0.2) is 0 Å². The number of hydrogen-bond donors (Lipinski definition) is 1. The molecule has 0 saturated heterocycles. The van der Waals surface area contributed by atoms with E-state index in [0.29, 0.717) is 11.3 Å². The van der Waals surface area contributed by atoms with Crippen LogP contribution < -0.4 is 10.6 Å². The van der Waals surface area contributed by atoms with E-state index in [2.05, 4.69) is 63.9 Å². The number of likely N-dealkylation sites (N-methyl/N-ethyl adjacent to an activating group) is 1. The summed E-state index contributed by atoms with van der Waals surface area (Å²) in [5, 5.41) is 0. The van der Waals surface area contributed by atoms with Gasteiger partial charge in [-0.25, -0.2) is 0 Å². The highest BCUT2D eigenvalue weighted by Crippen LogP contribution is 2.50. The lowest BCUT2D eigenvalue weighted by molar-refractivity contribution is 0.316. The molecule has 0 spiro atoms. The van der Waals surface area contributed by atoms with Crippen molar-refractivity contribution in [1.29, 1.82) is 0 Å². The summed E-state index contributed by atoms with van der Waals surface area (Å²) in [4.78, 5) is 2.45. The molecule has 0 aliphatic heterocycles. The van der Waals surface area contributed by atoms with Crippen molar-refractivity contribution >= 4 is 5.69 Å². The largest absolute Gasteiger partial charge is 0.367 e. The summed E-state index contributed by atoms with van der Waals surface area (Å²) in [5.74, 6) is 0.622. The van der Waals surface area contributed by atoms with E-state index in [1.165, 1.54) is 24.1 Å². The fourth-order valence-corrected chi connectivity index (χ4v) is 4.13. The minimum absolute atomic E-state index is 0.0929. The van der Waals surface area contributed by atoms with Gasteiger partial charge in [-0.15, -0.1) is 0 Å². The molecule has 2 unspecified atom stereocenters. The van der Waals surface area contributed by atoms with Gasteiger partial charge in [-0.2, -0.15) is 0 Å². The van der Waals surface area contributed by atoms with Crippen LogP contribution in [0.3, 0.4) is 0 Å². The fraction of sp³-hybridized carbons (Fsp3) is 0.647. The number of para-hydroxylation sites is 1. The van der Waals surface area contributed by atoms with Gasteiger partial charge in [0.2, 0.25) is 0 Å². The predicted octanol–water partition coefficient (Wildman–Crippen LogP) is 3.58. The molecule has 1 aliphatic rings. The molecule has 2 rings (SSSR count). The zero-order valence-corrected chi connectivity index (χ0v) is 13.0. The Morgan fingerprint density at radius 2 is 1.95 bits per heavy atom. The van der Waals surface area contributed by atoms with Crippen molar-refractivity contribution in [2.24, 2.45) is 17.1 Å². The molecule has 0 radical (unpaired) electrons. The monoisotopic (exact) mass is 260 g/mol. The second kappa shape index (κ2) is 4.82. The molecule has 0 bridgehead atoms. The molecule has 1 aromatic carbocycles. The number of aryl methyl sites for hydroxylation is 1. The first-order valence-electron chi connectivity index (χ1n) is 7.32. The number of anilines is 1. The molecule has 1 aromatic rings. The van der Waals surface area contributed by atoms with Gasteiger partial charge in [0.25, 0.3) is 0 Å². The maximum absolute atomic E-state index is 6.23. The van der Waals surface area contributed by atoms with Crippen LogP contribution in [0.2, 0.25) is 0 Å². The number of hydrogen-bond acceptors (Lipinski definition) is 2. The Balaban J connectivity index is 2.40. The average molecular weight is 260 g/mol. The predicted molar refractivity (Wildman–Crippen MR) is 83.5 cm³/mol. The number of nitrogens with zero attached hydrogens (tertiary/aromatic N) is 1. The lowest BCUT2D eigenvalue weighted by Crippen LogP contribution is -2.55. The van der Waals surface area contributed by atoms with Gasteiger partial charge < -0.3 is 10.6 Å². The quantitative estimate of drug-likeness (QED) is 0.900. The molecule has 2 heteroatoms. The number of nitrogens with two attached hydrogens (primary N) is 1. The Bertz CT molecular complexity index is 452. The van der Waals surface area contributed by atoms with Crippen LogP contribution in [-0.4, -0.2) is 19.1 Å². The summed E-state index contributed by atoms with van der Waals surface area (Å²) in [7, 11) is 2.22.